The largest absolute Gasteiger partial charge is 0.456 e. The van der Waals surface area contributed by atoms with Crippen LogP contribution in [0.25, 0.3) is 0 Å². The molecule has 4 rings (SSSR count). The zero-order valence-corrected chi connectivity index (χ0v) is 14.2. The molecule has 0 spiro atoms. The summed E-state index contributed by atoms with van der Waals surface area (Å²) in [6, 6.07) is 3.88. The number of nitrogens with zero attached hydrogens (tertiary/aromatic N) is 7. The van der Waals surface area contributed by atoms with Crippen LogP contribution in [-0.2, 0) is 13.1 Å². The van der Waals surface area contributed by atoms with Crippen molar-refractivity contribution in [2.75, 3.05) is 6.54 Å². The van der Waals surface area contributed by atoms with Gasteiger partial charge in [0.1, 0.15) is 11.8 Å². The van der Waals surface area contributed by atoms with Crippen LogP contribution in [0.4, 0.5) is 0 Å². The first-order chi connectivity index (χ1) is 12.7. The highest BCUT2D eigenvalue weighted by Gasteiger charge is 2.28. The number of carbonyl (C=O) groups excluding carboxylic acids is 1. The fourth-order valence-electron chi connectivity index (χ4n) is 2.80. The Morgan fingerprint density at radius 1 is 1.12 bits per heavy atom. The van der Waals surface area contributed by atoms with Crippen molar-refractivity contribution in [1.82, 2.24) is 34.6 Å². The van der Waals surface area contributed by atoms with E-state index in [1.165, 1.54) is 6.20 Å². The van der Waals surface area contributed by atoms with E-state index in [2.05, 4.69) is 25.0 Å². The average molecular weight is 351 g/mol. The molecule has 0 N–H and O–H groups in total. The fraction of sp³-hybridized carbons (Fsp3) is 0.294. The quantitative estimate of drug-likeness (QED) is 0.690. The van der Waals surface area contributed by atoms with Crippen LogP contribution in [0.1, 0.15) is 21.9 Å². The maximum Gasteiger partial charge on any atom is 0.316 e. The Balaban J connectivity index is 1.59. The lowest BCUT2D eigenvalue weighted by Gasteiger charge is -2.23. The molecule has 3 aromatic heterocycles. The lowest BCUT2D eigenvalue weighted by atomic mass is 10.3. The van der Waals surface area contributed by atoms with Gasteiger partial charge in [-0.3, -0.25) is 14.5 Å². The first-order valence-corrected chi connectivity index (χ1v) is 8.21. The van der Waals surface area contributed by atoms with E-state index in [1.54, 1.807) is 35.8 Å². The number of fused-ring (bicyclic) bond motifs is 1. The summed E-state index contributed by atoms with van der Waals surface area (Å²) in [5.41, 5.74) is 2.00. The molecule has 9 nitrogen and oxygen atoms in total. The van der Waals surface area contributed by atoms with Crippen molar-refractivity contribution in [3.63, 3.8) is 0 Å². The summed E-state index contributed by atoms with van der Waals surface area (Å²) in [5, 5.41) is 4.32. The van der Waals surface area contributed by atoms with Gasteiger partial charge in [-0.1, -0.05) is 0 Å². The first kappa shape index (κ1) is 16.1. The molecule has 1 aliphatic rings. The van der Waals surface area contributed by atoms with Crippen molar-refractivity contribution in [3.8, 4) is 6.01 Å². The zero-order valence-electron chi connectivity index (χ0n) is 14.2. The number of aromatic nitrogens is 6. The number of aryl methyl sites for hydroxylation is 1. The predicted octanol–water partition coefficient (Wildman–Crippen LogP) is 0.875. The molecule has 0 aromatic carbocycles. The molecule has 9 heteroatoms. The minimum atomic E-state index is -0.332. The molecule has 3 aromatic rings. The fourth-order valence-corrected chi connectivity index (χ4v) is 2.80. The van der Waals surface area contributed by atoms with Crippen LogP contribution in [-0.4, -0.2) is 53.2 Å². The number of carbonyl (C=O) groups is 1. The van der Waals surface area contributed by atoms with Gasteiger partial charge in [-0.05, 0) is 19.1 Å². The normalized spacial score (nSPS) is 16.7. The van der Waals surface area contributed by atoms with Crippen molar-refractivity contribution in [2.45, 2.75) is 26.1 Å². The third-order valence-corrected chi connectivity index (χ3v) is 4.06. The van der Waals surface area contributed by atoms with E-state index in [9.17, 15) is 4.79 Å². The molecule has 0 fully saturated rings. The molecule has 1 atom stereocenters. The van der Waals surface area contributed by atoms with Gasteiger partial charge in [0.2, 0.25) is 0 Å². The summed E-state index contributed by atoms with van der Waals surface area (Å²) in [5.74, 6) is -0.199. The Labute approximate surface area is 149 Å². The van der Waals surface area contributed by atoms with Crippen molar-refractivity contribution in [1.29, 1.82) is 0 Å². The minimum absolute atomic E-state index is 0.199. The molecule has 0 aliphatic carbocycles. The van der Waals surface area contributed by atoms with Gasteiger partial charge in [0, 0.05) is 24.8 Å². The van der Waals surface area contributed by atoms with Gasteiger partial charge in [-0.25, -0.2) is 15.0 Å². The number of hydrogen-bond donors (Lipinski definition) is 0. The van der Waals surface area contributed by atoms with Crippen molar-refractivity contribution in [3.05, 3.63) is 60.2 Å². The summed E-state index contributed by atoms with van der Waals surface area (Å²) < 4.78 is 7.72. The molecule has 0 radical (unpaired) electrons. The number of amides is 1. The van der Waals surface area contributed by atoms with Gasteiger partial charge in [-0.15, -0.1) is 0 Å². The van der Waals surface area contributed by atoms with E-state index >= 15 is 0 Å². The van der Waals surface area contributed by atoms with Crippen molar-refractivity contribution >= 4 is 5.91 Å². The molecule has 4 heterocycles. The highest BCUT2D eigenvalue weighted by Crippen LogP contribution is 2.17. The maximum atomic E-state index is 12.9. The highest BCUT2D eigenvalue weighted by atomic mass is 16.5. The third kappa shape index (κ3) is 3.37. The molecule has 0 bridgehead atoms. The van der Waals surface area contributed by atoms with Crippen molar-refractivity contribution < 1.29 is 9.53 Å². The smallest absolute Gasteiger partial charge is 0.316 e. The molecule has 0 unspecified atom stereocenters. The number of ether oxygens (including phenoxy) is 1. The Bertz CT molecular complexity index is 895. The van der Waals surface area contributed by atoms with Crippen LogP contribution in [0.5, 0.6) is 6.01 Å². The molecule has 0 saturated heterocycles. The van der Waals surface area contributed by atoms with Crippen LogP contribution >= 0.6 is 0 Å². The van der Waals surface area contributed by atoms with Crippen LogP contribution in [0.15, 0.2) is 43.1 Å². The van der Waals surface area contributed by atoms with E-state index in [1.807, 2.05) is 17.7 Å². The molecule has 1 aliphatic heterocycles. The minimum Gasteiger partial charge on any atom is -0.456 e. The molecule has 0 saturated carbocycles. The summed E-state index contributed by atoms with van der Waals surface area (Å²) >= 11 is 0. The van der Waals surface area contributed by atoms with Gasteiger partial charge < -0.3 is 9.64 Å². The Morgan fingerprint density at radius 2 is 1.96 bits per heavy atom. The van der Waals surface area contributed by atoms with Crippen LogP contribution in [0, 0.1) is 6.92 Å². The van der Waals surface area contributed by atoms with Gasteiger partial charge in [0.05, 0.1) is 37.2 Å². The van der Waals surface area contributed by atoms with E-state index in [4.69, 9.17) is 4.74 Å². The summed E-state index contributed by atoms with van der Waals surface area (Å²) in [6.07, 6.45) is 7.69. The molecular formula is C17H17N7O2. The van der Waals surface area contributed by atoms with Crippen molar-refractivity contribution in [2.24, 2.45) is 0 Å². The van der Waals surface area contributed by atoms with Crippen LogP contribution in [0.3, 0.4) is 0 Å². The Kier molecular flexibility index (Phi) is 4.26. The number of hydrogen-bond acceptors (Lipinski definition) is 7. The lowest BCUT2D eigenvalue weighted by molar-refractivity contribution is 0.0631. The SMILES string of the molecule is Cc1cnc(C(=O)N2Cc3ccnn3C[C@H](Oc3ncccn3)C2)cn1. The van der Waals surface area contributed by atoms with E-state index in [-0.39, 0.29) is 18.0 Å². The number of rotatable bonds is 3. The van der Waals surface area contributed by atoms with Gasteiger partial charge in [0.25, 0.3) is 5.91 Å². The maximum absolute atomic E-state index is 12.9. The van der Waals surface area contributed by atoms with Crippen LogP contribution in [0.2, 0.25) is 0 Å². The standard InChI is InChI=1S/C17H17N7O2/c1-12-7-21-15(8-20-12)16(25)23-9-13-3-6-22-24(13)11-14(10-23)26-17-18-4-2-5-19-17/h2-8,14H,9-11H2,1H3/t14-/m1/s1. The zero-order chi connectivity index (χ0) is 17.9. The summed E-state index contributed by atoms with van der Waals surface area (Å²) in [4.78, 5) is 31.1. The molecule has 1 amide bonds. The second kappa shape index (κ2) is 6.87. The first-order valence-electron chi connectivity index (χ1n) is 8.21. The monoisotopic (exact) mass is 351 g/mol. The summed E-state index contributed by atoms with van der Waals surface area (Å²) in [7, 11) is 0. The highest BCUT2D eigenvalue weighted by molar-refractivity contribution is 5.92. The average Bonchev–Trinajstić information content (AvgIpc) is 3.01. The van der Waals surface area contributed by atoms with Gasteiger partial charge >= 0.3 is 6.01 Å². The van der Waals surface area contributed by atoms with Gasteiger partial charge in [-0.2, -0.15) is 5.10 Å². The van der Waals surface area contributed by atoms with E-state index in [0.29, 0.717) is 25.3 Å². The molecular weight excluding hydrogens is 334 g/mol. The van der Waals surface area contributed by atoms with E-state index in [0.717, 1.165) is 11.4 Å². The second-order valence-electron chi connectivity index (χ2n) is 6.00. The molecule has 132 valence electrons. The lowest BCUT2D eigenvalue weighted by Crippen LogP contribution is -2.39. The Hall–Kier alpha value is -3.36. The second-order valence-corrected chi connectivity index (χ2v) is 6.00. The van der Waals surface area contributed by atoms with E-state index < -0.39 is 0 Å². The predicted molar refractivity (Wildman–Crippen MR) is 90.2 cm³/mol. The summed E-state index contributed by atoms with van der Waals surface area (Å²) in [6.45, 7) is 3.12. The van der Waals surface area contributed by atoms with Crippen LogP contribution < -0.4 is 4.74 Å². The third-order valence-electron chi connectivity index (χ3n) is 4.06. The molecule has 26 heavy (non-hydrogen) atoms. The van der Waals surface area contributed by atoms with Gasteiger partial charge in [0.15, 0.2) is 0 Å². The topological polar surface area (TPSA) is 98.9 Å². The Morgan fingerprint density at radius 3 is 2.73 bits per heavy atom.